The van der Waals surface area contributed by atoms with Crippen molar-refractivity contribution >= 4 is 5.91 Å². The Balaban J connectivity index is 1.54. The number of amides is 1. The second-order valence-electron chi connectivity index (χ2n) is 6.35. The predicted octanol–water partition coefficient (Wildman–Crippen LogP) is 2.87. The molecule has 1 atom stereocenters. The van der Waals surface area contributed by atoms with Crippen molar-refractivity contribution in [2.45, 2.75) is 37.6 Å². The van der Waals surface area contributed by atoms with Crippen LogP contribution in [0.3, 0.4) is 0 Å². The molecule has 0 aromatic heterocycles. The van der Waals surface area contributed by atoms with Crippen molar-refractivity contribution in [1.82, 2.24) is 5.32 Å². The molecule has 0 saturated heterocycles. The van der Waals surface area contributed by atoms with Crippen molar-refractivity contribution in [3.8, 4) is 0 Å². The number of rotatable bonds is 3. The number of benzene rings is 1. The maximum Gasteiger partial charge on any atom is 0.224 e. The highest BCUT2D eigenvalue weighted by atomic mass is 19.1. The summed E-state index contributed by atoms with van der Waals surface area (Å²) in [6, 6.07) is 3.52. The summed E-state index contributed by atoms with van der Waals surface area (Å²) < 4.78 is 26.5. The molecule has 0 aliphatic heterocycles. The second-order valence-corrected chi connectivity index (χ2v) is 6.35. The number of carbonyl (C=O) groups is 1. The molecule has 19 heavy (non-hydrogen) atoms. The van der Waals surface area contributed by atoms with Crippen molar-refractivity contribution < 1.29 is 13.6 Å². The van der Waals surface area contributed by atoms with Gasteiger partial charge in [0.1, 0.15) is 11.6 Å². The third kappa shape index (κ3) is 1.77. The van der Waals surface area contributed by atoms with Gasteiger partial charge >= 0.3 is 0 Å². The maximum atomic E-state index is 13.3. The molecule has 3 aliphatic rings. The van der Waals surface area contributed by atoms with E-state index >= 15 is 0 Å². The first-order valence-electron chi connectivity index (χ1n) is 6.82. The Bertz CT molecular complexity index is 555. The van der Waals surface area contributed by atoms with Crippen molar-refractivity contribution in [3.63, 3.8) is 0 Å². The van der Waals surface area contributed by atoms with Crippen LogP contribution in [0.4, 0.5) is 8.78 Å². The lowest BCUT2D eigenvalue weighted by Gasteiger charge is -2.18. The SMILES string of the molecule is O=C(NC1(c2cc(F)cc(F)c2)CC1)[C@H]1CC12CC2. The van der Waals surface area contributed by atoms with Crippen LogP contribution in [0.25, 0.3) is 0 Å². The van der Waals surface area contributed by atoms with Crippen LogP contribution in [0.15, 0.2) is 18.2 Å². The van der Waals surface area contributed by atoms with E-state index in [4.69, 9.17) is 0 Å². The molecule has 0 unspecified atom stereocenters. The van der Waals surface area contributed by atoms with Crippen molar-refractivity contribution in [1.29, 1.82) is 0 Å². The highest BCUT2D eigenvalue weighted by Gasteiger charge is 2.66. The van der Waals surface area contributed by atoms with Gasteiger partial charge in [-0.2, -0.15) is 0 Å². The van der Waals surface area contributed by atoms with Gasteiger partial charge in [-0.3, -0.25) is 4.79 Å². The van der Waals surface area contributed by atoms with Gasteiger partial charge in [0, 0.05) is 12.0 Å². The molecule has 4 heteroatoms. The summed E-state index contributed by atoms with van der Waals surface area (Å²) >= 11 is 0. The van der Waals surface area contributed by atoms with Gasteiger partial charge in [0.2, 0.25) is 5.91 Å². The quantitative estimate of drug-likeness (QED) is 0.892. The molecule has 1 spiro atoms. The molecule has 0 bridgehead atoms. The van der Waals surface area contributed by atoms with Gasteiger partial charge in [0.05, 0.1) is 5.54 Å². The first-order chi connectivity index (χ1) is 9.03. The monoisotopic (exact) mass is 263 g/mol. The lowest BCUT2D eigenvalue weighted by atomic mass is 10.0. The fraction of sp³-hybridized carbons (Fsp3) is 0.533. The molecule has 1 aromatic rings. The van der Waals surface area contributed by atoms with Crippen molar-refractivity contribution in [3.05, 3.63) is 35.4 Å². The Morgan fingerprint density at radius 2 is 1.74 bits per heavy atom. The smallest absolute Gasteiger partial charge is 0.224 e. The zero-order valence-corrected chi connectivity index (χ0v) is 10.5. The Morgan fingerprint density at radius 1 is 1.11 bits per heavy atom. The van der Waals surface area contributed by atoms with Crippen molar-refractivity contribution in [2.75, 3.05) is 0 Å². The minimum Gasteiger partial charge on any atom is -0.346 e. The molecule has 100 valence electrons. The zero-order valence-electron chi connectivity index (χ0n) is 10.5. The summed E-state index contributed by atoms with van der Waals surface area (Å²) in [6.07, 6.45) is 4.84. The normalized spacial score (nSPS) is 28.0. The summed E-state index contributed by atoms with van der Waals surface area (Å²) in [6.45, 7) is 0. The Morgan fingerprint density at radius 3 is 2.21 bits per heavy atom. The average Bonchev–Trinajstić information content (AvgIpc) is 3.21. The summed E-state index contributed by atoms with van der Waals surface area (Å²) in [4.78, 5) is 12.2. The predicted molar refractivity (Wildman–Crippen MR) is 65.2 cm³/mol. The van der Waals surface area contributed by atoms with Crippen LogP contribution in [-0.4, -0.2) is 5.91 Å². The van der Waals surface area contributed by atoms with E-state index in [1.807, 2.05) is 0 Å². The van der Waals surface area contributed by atoms with Crippen LogP contribution in [0.2, 0.25) is 0 Å². The topological polar surface area (TPSA) is 29.1 Å². The molecule has 1 N–H and O–H groups in total. The van der Waals surface area contributed by atoms with E-state index in [1.54, 1.807) is 0 Å². The Hall–Kier alpha value is -1.45. The molecule has 4 rings (SSSR count). The largest absolute Gasteiger partial charge is 0.346 e. The minimum atomic E-state index is -0.583. The number of hydrogen-bond acceptors (Lipinski definition) is 1. The first-order valence-corrected chi connectivity index (χ1v) is 6.82. The minimum absolute atomic E-state index is 0.0691. The van der Waals surface area contributed by atoms with Gasteiger partial charge in [-0.25, -0.2) is 8.78 Å². The van der Waals surface area contributed by atoms with Crippen LogP contribution < -0.4 is 5.32 Å². The number of carbonyl (C=O) groups excluding carboxylic acids is 1. The van der Waals surface area contributed by atoms with E-state index < -0.39 is 17.2 Å². The lowest BCUT2D eigenvalue weighted by molar-refractivity contribution is -0.123. The van der Waals surface area contributed by atoms with E-state index in [9.17, 15) is 13.6 Å². The van der Waals surface area contributed by atoms with Gasteiger partial charge in [-0.05, 0) is 55.2 Å². The van der Waals surface area contributed by atoms with Crippen molar-refractivity contribution in [2.24, 2.45) is 11.3 Å². The Kier molecular flexibility index (Phi) is 2.01. The number of halogens is 2. The summed E-state index contributed by atoms with van der Waals surface area (Å²) in [5, 5.41) is 3.02. The molecule has 3 saturated carbocycles. The molecule has 3 fully saturated rings. The summed E-state index contributed by atoms with van der Waals surface area (Å²) in [5.74, 6) is -0.954. The third-order valence-electron chi connectivity index (χ3n) is 4.93. The van der Waals surface area contributed by atoms with Crippen LogP contribution >= 0.6 is 0 Å². The van der Waals surface area contributed by atoms with Gasteiger partial charge < -0.3 is 5.32 Å². The van der Waals surface area contributed by atoms with Crippen LogP contribution in [-0.2, 0) is 10.3 Å². The average molecular weight is 263 g/mol. The van der Waals surface area contributed by atoms with Gasteiger partial charge in [0.25, 0.3) is 0 Å². The van der Waals surface area contributed by atoms with Crippen LogP contribution in [0.1, 0.15) is 37.7 Å². The van der Waals surface area contributed by atoms with E-state index in [-0.39, 0.29) is 11.8 Å². The highest BCUT2D eigenvalue weighted by molar-refractivity contribution is 5.84. The number of hydrogen-bond donors (Lipinski definition) is 1. The molecular weight excluding hydrogens is 248 g/mol. The van der Waals surface area contributed by atoms with E-state index in [0.717, 1.165) is 38.2 Å². The van der Waals surface area contributed by atoms with Gasteiger partial charge in [0.15, 0.2) is 0 Å². The lowest BCUT2D eigenvalue weighted by Crippen LogP contribution is -2.36. The number of nitrogens with one attached hydrogen (secondary N) is 1. The second kappa shape index (κ2) is 3.35. The van der Waals surface area contributed by atoms with E-state index in [1.165, 1.54) is 12.1 Å². The molecule has 0 heterocycles. The molecule has 1 amide bonds. The summed E-state index contributed by atoms with van der Waals surface area (Å²) in [7, 11) is 0. The molecule has 3 aliphatic carbocycles. The first kappa shape index (κ1) is 11.4. The van der Waals surface area contributed by atoms with Crippen LogP contribution in [0.5, 0.6) is 0 Å². The van der Waals surface area contributed by atoms with Crippen LogP contribution in [0, 0.1) is 23.0 Å². The fourth-order valence-electron chi connectivity index (χ4n) is 3.20. The highest BCUT2D eigenvalue weighted by Crippen LogP contribution is 2.70. The maximum absolute atomic E-state index is 13.3. The molecule has 2 nitrogen and oxygen atoms in total. The molecule has 1 aromatic carbocycles. The standard InChI is InChI=1S/C15H15F2NO/c16-10-5-9(6-11(17)7-10)15(3-4-15)18-13(19)12-8-14(12)1-2-14/h5-7,12H,1-4,8H2,(H,18,19)/t12-/m1/s1. The Labute approximate surface area is 110 Å². The third-order valence-corrected chi connectivity index (χ3v) is 4.93. The van der Waals surface area contributed by atoms with E-state index in [2.05, 4.69) is 5.32 Å². The zero-order chi connectivity index (χ0) is 13.3. The van der Waals surface area contributed by atoms with E-state index in [0.29, 0.717) is 11.0 Å². The summed E-state index contributed by atoms with van der Waals surface area (Å²) in [5.41, 5.74) is 0.357. The van der Waals surface area contributed by atoms with Gasteiger partial charge in [-0.15, -0.1) is 0 Å². The fourth-order valence-corrected chi connectivity index (χ4v) is 3.20. The van der Waals surface area contributed by atoms with Gasteiger partial charge in [-0.1, -0.05) is 0 Å². The molecular formula is C15H15F2NO. The molecule has 0 radical (unpaired) electrons.